The van der Waals surface area contributed by atoms with Crippen molar-refractivity contribution >= 4 is 23.5 Å². The van der Waals surface area contributed by atoms with Gasteiger partial charge in [0.05, 0.1) is 12.5 Å². The molecule has 2 N–H and O–H groups in total. The monoisotopic (exact) mass is 289 g/mol. The van der Waals surface area contributed by atoms with Crippen LogP contribution in [0.3, 0.4) is 0 Å². The Labute approximate surface area is 119 Å². The summed E-state index contributed by atoms with van der Waals surface area (Å²) in [4.78, 5) is 27.7. The van der Waals surface area contributed by atoms with E-state index in [-0.39, 0.29) is 24.1 Å². The minimum absolute atomic E-state index is 0.0164. The average Bonchev–Trinajstić information content (AvgIpc) is 2.89. The Balaban J connectivity index is 1.62. The van der Waals surface area contributed by atoms with E-state index in [0.29, 0.717) is 18.2 Å². The largest absolute Gasteiger partial charge is 0.326 e. The van der Waals surface area contributed by atoms with E-state index < -0.39 is 5.92 Å². The van der Waals surface area contributed by atoms with Crippen LogP contribution < -0.4 is 10.6 Å². The van der Waals surface area contributed by atoms with Gasteiger partial charge in [0.2, 0.25) is 17.8 Å². The highest BCUT2D eigenvalue weighted by atomic mass is 19.1. The van der Waals surface area contributed by atoms with Gasteiger partial charge >= 0.3 is 0 Å². The maximum atomic E-state index is 12.8. The lowest BCUT2D eigenvalue weighted by Crippen LogP contribution is -2.36. The standard InChI is InChI=1S/C13H12FN5O2/c14-9-1-3-10(4-2-9)17-11(20)5-8-6-19-13(15-7-16-19)18-12(8)21/h1-4,7-8H,5-6H2,(H,17,20)(H,15,16,18,21)/t8-/m0/s1. The number of anilines is 2. The smallest absolute Gasteiger partial charge is 0.232 e. The number of aromatic nitrogens is 3. The molecular formula is C13H12FN5O2. The lowest BCUT2D eigenvalue weighted by Gasteiger charge is -2.21. The van der Waals surface area contributed by atoms with Crippen LogP contribution in [-0.2, 0) is 16.1 Å². The predicted octanol–water partition coefficient (Wildman–Crippen LogP) is 1.01. The Morgan fingerprint density at radius 3 is 2.95 bits per heavy atom. The number of rotatable bonds is 3. The van der Waals surface area contributed by atoms with Gasteiger partial charge in [0, 0.05) is 12.1 Å². The summed E-state index contributed by atoms with van der Waals surface area (Å²) >= 11 is 0. The lowest BCUT2D eigenvalue weighted by molar-refractivity contribution is -0.125. The SMILES string of the molecule is O=C(C[C@H]1Cn2ncnc2NC1=O)Nc1ccc(F)cc1. The molecule has 0 fully saturated rings. The fraction of sp³-hybridized carbons (Fsp3) is 0.231. The summed E-state index contributed by atoms with van der Waals surface area (Å²) in [5, 5.41) is 9.17. The first kappa shape index (κ1) is 13.2. The minimum Gasteiger partial charge on any atom is -0.326 e. The molecule has 0 aliphatic carbocycles. The topological polar surface area (TPSA) is 88.9 Å². The summed E-state index contributed by atoms with van der Waals surface area (Å²) in [7, 11) is 0. The van der Waals surface area contributed by atoms with Crippen LogP contribution in [0, 0.1) is 11.7 Å². The third-order valence-corrected chi connectivity index (χ3v) is 3.17. The first-order valence-corrected chi connectivity index (χ1v) is 6.36. The molecule has 7 nitrogen and oxygen atoms in total. The third kappa shape index (κ3) is 2.88. The van der Waals surface area contributed by atoms with Crippen molar-refractivity contribution in [2.75, 3.05) is 10.6 Å². The van der Waals surface area contributed by atoms with Crippen LogP contribution in [0.2, 0.25) is 0 Å². The number of carbonyl (C=O) groups excluding carboxylic acids is 2. The molecule has 2 heterocycles. The number of fused-ring (bicyclic) bond motifs is 1. The Bertz CT molecular complexity index is 682. The normalized spacial score (nSPS) is 17.0. The van der Waals surface area contributed by atoms with Crippen LogP contribution >= 0.6 is 0 Å². The molecule has 3 rings (SSSR count). The molecule has 21 heavy (non-hydrogen) atoms. The quantitative estimate of drug-likeness (QED) is 0.882. The van der Waals surface area contributed by atoms with Crippen molar-refractivity contribution in [3.8, 4) is 0 Å². The van der Waals surface area contributed by atoms with Crippen LogP contribution in [-0.4, -0.2) is 26.6 Å². The maximum Gasteiger partial charge on any atom is 0.232 e. The van der Waals surface area contributed by atoms with Crippen molar-refractivity contribution in [2.45, 2.75) is 13.0 Å². The van der Waals surface area contributed by atoms with Gasteiger partial charge in [0.1, 0.15) is 12.1 Å². The van der Waals surface area contributed by atoms with Crippen LogP contribution in [0.5, 0.6) is 0 Å². The Kier molecular flexibility index (Phi) is 3.35. The third-order valence-electron chi connectivity index (χ3n) is 3.17. The first-order chi connectivity index (χ1) is 10.1. The summed E-state index contributed by atoms with van der Waals surface area (Å²) in [6.45, 7) is 0.304. The van der Waals surface area contributed by atoms with E-state index in [2.05, 4.69) is 20.7 Å². The first-order valence-electron chi connectivity index (χ1n) is 6.36. The number of carbonyl (C=O) groups is 2. The van der Waals surface area contributed by atoms with Crippen LogP contribution in [0.15, 0.2) is 30.6 Å². The molecule has 0 spiro atoms. The molecule has 1 aromatic carbocycles. The molecule has 0 unspecified atom stereocenters. The van der Waals surface area contributed by atoms with E-state index in [1.165, 1.54) is 35.3 Å². The molecule has 1 aromatic heterocycles. The van der Waals surface area contributed by atoms with Crippen molar-refractivity contribution in [1.82, 2.24) is 14.8 Å². The minimum atomic E-state index is -0.514. The van der Waals surface area contributed by atoms with E-state index in [1.807, 2.05) is 0 Å². The summed E-state index contributed by atoms with van der Waals surface area (Å²) in [6.07, 6.45) is 1.36. The number of hydrogen-bond donors (Lipinski definition) is 2. The van der Waals surface area contributed by atoms with Gasteiger partial charge in [-0.05, 0) is 24.3 Å². The molecule has 0 saturated heterocycles. The summed E-state index contributed by atoms with van der Waals surface area (Å²) in [5.41, 5.74) is 0.485. The van der Waals surface area contributed by atoms with Gasteiger partial charge in [-0.1, -0.05) is 0 Å². The molecule has 1 aliphatic heterocycles. The van der Waals surface area contributed by atoms with E-state index in [4.69, 9.17) is 0 Å². The molecule has 0 radical (unpaired) electrons. The van der Waals surface area contributed by atoms with Gasteiger partial charge < -0.3 is 5.32 Å². The Hall–Kier alpha value is -2.77. The molecule has 0 saturated carbocycles. The van der Waals surface area contributed by atoms with E-state index >= 15 is 0 Å². The van der Waals surface area contributed by atoms with Crippen LogP contribution in [0.1, 0.15) is 6.42 Å². The number of nitrogens with one attached hydrogen (secondary N) is 2. The van der Waals surface area contributed by atoms with Gasteiger partial charge in [-0.2, -0.15) is 10.1 Å². The summed E-state index contributed by atoms with van der Waals surface area (Å²) in [5.74, 6) is -1.08. The van der Waals surface area contributed by atoms with Gasteiger partial charge in [-0.15, -0.1) is 0 Å². The summed E-state index contributed by atoms with van der Waals surface area (Å²) in [6, 6.07) is 5.43. The van der Waals surface area contributed by atoms with Gasteiger partial charge in [-0.25, -0.2) is 9.07 Å². The average molecular weight is 289 g/mol. The highest BCUT2D eigenvalue weighted by molar-refractivity contribution is 5.98. The zero-order valence-electron chi connectivity index (χ0n) is 10.9. The second-order valence-electron chi connectivity index (χ2n) is 4.71. The van der Waals surface area contributed by atoms with Gasteiger partial charge in [-0.3, -0.25) is 14.9 Å². The number of hydrogen-bond acceptors (Lipinski definition) is 4. The number of nitrogens with zero attached hydrogens (tertiary/aromatic N) is 3. The second-order valence-corrected chi connectivity index (χ2v) is 4.71. The molecule has 1 aliphatic rings. The molecule has 0 bridgehead atoms. The Morgan fingerprint density at radius 1 is 1.43 bits per heavy atom. The summed E-state index contributed by atoms with van der Waals surface area (Å²) < 4.78 is 14.3. The molecule has 1 atom stereocenters. The fourth-order valence-corrected chi connectivity index (χ4v) is 2.12. The number of halogens is 1. The zero-order valence-corrected chi connectivity index (χ0v) is 10.9. The molecule has 2 amide bonds. The van der Waals surface area contributed by atoms with E-state index in [0.717, 1.165) is 0 Å². The van der Waals surface area contributed by atoms with Crippen molar-refractivity contribution in [2.24, 2.45) is 5.92 Å². The maximum absolute atomic E-state index is 12.8. The number of benzene rings is 1. The Morgan fingerprint density at radius 2 is 2.19 bits per heavy atom. The lowest BCUT2D eigenvalue weighted by atomic mass is 10.0. The van der Waals surface area contributed by atoms with E-state index in [9.17, 15) is 14.0 Å². The van der Waals surface area contributed by atoms with Gasteiger partial charge in [0.25, 0.3) is 0 Å². The highest BCUT2D eigenvalue weighted by Gasteiger charge is 2.29. The second kappa shape index (κ2) is 5.31. The molecule has 2 aromatic rings. The van der Waals surface area contributed by atoms with Crippen molar-refractivity contribution in [3.63, 3.8) is 0 Å². The van der Waals surface area contributed by atoms with Crippen LogP contribution in [0.4, 0.5) is 16.0 Å². The fourth-order valence-electron chi connectivity index (χ4n) is 2.12. The van der Waals surface area contributed by atoms with Crippen LogP contribution in [0.25, 0.3) is 0 Å². The van der Waals surface area contributed by atoms with Gasteiger partial charge in [0.15, 0.2) is 0 Å². The van der Waals surface area contributed by atoms with Crippen molar-refractivity contribution < 1.29 is 14.0 Å². The predicted molar refractivity (Wildman–Crippen MR) is 71.8 cm³/mol. The molecule has 108 valence electrons. The number of amides is 2. The van der Waals surface area contributed by atoms with Crippen molar-refractivity contribution in [1.29, 1.82) is 0 Å². The van der Waals surface area contributed by atoms with Crippen molar-refractivity contribution in [3.05, 3.63) is 36.4 Å². The zero-order chi connectivity index (χ0) is 14.8. The highest BCUT2D eigenvalue weighted by Crippen LogP contribution is 2.19. The molecule has 8 heteroatoms. The molecular weight excluding hydrogens is 277 g/mol. The van der Waals surface area contributed by atoms with E-state index in [1.54, 1.807) is 0 Å².